The van der Waals surface area contributed by atoms with Gasteiger partial charge in [-0.15, -0.1) is 0 Å². The topological polar surface area (TPSA) is 18.5 Å². The number of hydrogen-bond acceptors (Lipinski definition) is 3. The minimum absolute atomic E-state index is 1.22. The van der Waals surface area contributed by atoms with Gasteiger partial charge in [-0.25, -0.2) is 0 Å². The molecule has 0 saturated heterocycles. The minimum atomic E-state index is 1.22. The highest BCUT2D eigenvalue weighted by Gasteiger charge is 1.94. The van der Waals surface area contributed by atoms with Crippen LogP contribution in [0.1, 0.15) is 64.2 Å². The fraction of sp³-hybridized carbons (Fsp3) is 1.00. The van der Waals surface area contributed by atoms with E-state index in [9.17, 15) is 0 Å². The van der Waals surface area contributed by atoms with Crippen molar-refractivity contribution in [3.63, 3.8) is 0 Å². The molecule has 0 aromatic rings. The van der Waals surface area contributed by atoms with Gasteiger partial charge in [0.25, 0.3) is 0 Å². The lowest BCUT2D eigenvalue weighted by Gasteiger charge is -2.09. The van der Waals surface area contributed by atoms with Crippen LogP contribution in [0.25, 0.3) is 0 Å². The van der Waals surface area contributed by atoms with Gasteiger partial charge in [0.2, 0.25) is 0 Å². The lowest BCUT2D eigenvalue weighted by Crippen LogP contribution is -2.16. The first-order valence-corrected chi connectivity index (χ1v) is 9.13. The summed E-state index contributed by atoms with van der Waals surface area (Å²) in [6, 6.07) is 0. The van der Waals surface area contributed by atoms with Crippen LogP contribution in [0.5, 0.6) is 0 Å². The van der Waals surface area contributed by atoms with E-state index in [4.69, 9.17) is 0 Å². The molecular weight excluding hydrogens is 258 g/mol. The molecule has 0 spiro atoms. The van der Waals surface area contributed by atoms with Crippen molar-refractivity contribution in [3.05, 3.63) is 0 Å². The predicted molar refractivity (Wildman–Crippen MR) is 96.1 cm³/mol. The van der Waals surface area contributed by atoms with Gasteiger partial charge in [-0.2, -0.15) is 0 Å². The van der Waals surface area contributed by atoms with Crippen LogP contribution in [-0.4, -0.2) is 64.2 Å². The van der Waals surface area contributed by atoms with Gasteiger partial charge in [-0.1, -0.05) is 38.5 Å². The van der Waals surface area contributed by atoms with Gasteiger partial charge in [-0.3, -0.25) is 0 Å². The zero-order valence-corrected chi connectivity index (χ0v) is 15.3. The molecule has 3 nitrogen and oxygen atoms in total. The molecular formula is C18H41N3. The van der Waals surface area contributed by atoms with Gasteiger partial charge in [-0.05, 0) is 80.1 Å². The van der Waals surface area contributed by atoms with Gasteiger partial charge in [0.1, 0.15) is 0 Å². The van der Waals surface area contributed by atoms with Gasteiger partial charge in [0.15, 0.2) is 0 Å². The Bertz CT molecular complexity index is 173. The molecule has 0 amide bonds. The van der Waals surface area contributed by atoms with Crippen molar-refractivity contribution in [3.8, 4) is 0 Å². The van der Waals surface area contributed by atoms with E-state index in [2.05, 4.69) is 43.3 Å². The highest BCUT2D eigenvalue weighted by molar-refractivity contribution is 4.53. The third kappa shape index (κ3) is 19.9. The molecule has 0 fully saturated rings. The van der Waals surface area contributed by atoms with E-state index in [0.29, 0.717) is 0 Å². The van der Waals surface area contributed by atoms with Gasteiger partial charge >= 0.3 is 0 Å². The van der Waals surface area contributed by atoms with Crippen LogP contribution >= 0.6 is 0 Å². The van der Waals surface area contributed by atoms with E-state index in [1.54, 1.807) is 0 Å². The summed E-state index contributed by atoms with van der Waals surface area (Å²) in [5, 5.41) is 3.59. The van der Waals surface area contributed by atoms with E-state index in [1.807, 2.05) is 0 Å². The average Bonchev–Trinajstić information content (AvgIpc) is 2.42. The molecule has 0 radical (unpaired) electrons. The Labute approximate surface area is 134 Å². The molecule has 0 heterocycles. The maximum absolute atomic E-state index is 3.59. The molecule has 21 heavy (non-hydrogen) atoms. The first-order chi connectivity index (χ1) is 10.1. The summed E-state index contributed by atoms with van der Waals surface area (Å²) in [5.41, 5.74) is 0. The molecule has 0 aromatic carbocycles. The van der Waals surface area contributed by atoms with Crippen molar-refractivity contribution in [1.82, 2.24) is 15.1 Å². The van der Waals surface area contributed by atoms with Crippen molar-refractivity contribution < 1.29 is 0 Å². The standard InChI is InChI=1S/C18H41N3/c1-20(2)17-13-9-5-7-11-15-19-16-12-8-6-10-14-18-21(3)4/h19H,5-18H2,1-4H3. The number of rotatable bonds is 16. The van der Waals surface area contributed by atoms with Crippen molar-refractivity contribution >= 4 is 0 Å². The van der Waals surface area contributed by atoms with Crippen LogP contribution in [0.3, 0.4) is 0 Å². The lowest BCUT2D eigenvalue weighted by atomic mass is 10.1. The molecule has 0 aliphatic rings. The van der Waals surface area contributed by atoms with Crippen molar-refractivity contribution in [2.75, 3.05) is 54.4 Å². The number of nitrogens with zero attached hydrogens (tertiary/aromatic N) is 2. The summed E-state index contributed by atoms with van der Waals surface area (Å²) in [5.74, 6) is 0. The summed E-state index contributed by atoms with van der Waals surface area (Å²) in [4.78, 5) is 4.56. The summed E-state index contributed by atoms with van der Waals surface area (Å²) in [6.07, 6.45) is 13.8. The Hall–Kier alpha value is -0.120. The quantitative estimate of drug-likeness (QED) is 0.439. The molecule has 0 aliphatic carbocycles. The molecule has 0 aliphatic heterocycles. The molecule has 3 heteroatoms. The molecule has 128 valence electrons. The maximum atomic E-state index is 3.59. The van der Waals surface area contributed by atoms with E-state index < -0.39 is 0 Å². The maximum Gasteiger partial charge on any atom is -0.00248 e. The van der Waals surface area contributed by atoms with Crippen LogP contribution < -0.4 is 5.32 Å². The second kappa shape index (κ2) is 16.3. The van der Waals surface area contributed by atoms with Crippen molar-refractivity contribution in [2.24, 2.45) is 0 Å². The molecule has 0 saturated carbocycles. The molecule has 0 rings (SSSR count). The molecule has 0 unspecified atom stereocenters. The highest BCUT2D eigenvalue weighted by atomic mass is 15.0. The fourth-order valence-electron chi connectivity index (χ4n) is 2.54. The monoisotopic (exact) mass is 299 g/mol. The SMILES string of the molecule is CN(C)CCCCCCCNCCCCCCCN(C)C. The predicted octanol–water partition coefficient (Wildman–Crippen LogP) is 3.60. The average molecular weight is 300 g/mol. The zero-order valence-electron chi connectivity index (χ0n) is 15.3. The van der Waals surface area contributed by atoms with Crippen LogP contribution in [-0.2, 0) is 0 Å². The Morgan fingerprint density at radius 1 is 0.476 bits per heavy atom. The van der Waals surface area contributed by atoms with E-state index in [0.717, 1.165) is 0 Å². The van der Waals surface area contributed by atoms with Gasteiger partial charge in [0, 0.05) is 0 Å². The van der Waals surface area contributed by atoms with Crippen molar-refractivity contribution in [1.29, 1.82) is 0 Å². The normalized spacial score (nSPS) is 11.7. The number of hydrogen-bond donors (Lipinski definition) is 1. The smallest absolute Gasteiger partial charge is 0.00248 e. The fourth-order valence-corrected chi connectivity index (χ4v) is 2.54. The second-order valence-electron chi connectivity index (χ2n) is 6.89. The van der Waals surface area contributed by atoms with Crippen LogP contribution in [0.2, 0.25) is 0 Å². The molecule has 0 aromatic heterocycles. The summed E-state index contributed by atoms with van der Waals surface area (Å²) < 4.78 is 0. The van der Waals surface area contributed by atoms with E-state index >= 15 is 0 Å². The van der Waals surface area contributed by atoms with Crippen LogP contribution in [0, 0.1) is 0 Å². The third-order valence-electron chi connectivity index (χ3n) is 3.92. The number of unbranched alkanes of at least 4 members (excludes halogenated alkanes) is 8. The first-order valence-electron chi connectivity index (χ1n) is 9.13. The molecule has 1 N–H and O–H groups in total. The van der Waals surface area contributed by atoms with Gasteiger partial charge < -0.3 is 15.1 Å². The van der Waals surface area contributed by atoms with E-state index in [1.165, 1.54) is 90.4 Å². The Balaban J connectivity index is 2.96. The Kier molecular flexibility index (Phi) is 16.2. The molecule has 0 atom stereocenters. The third-order valence-corrected chi connectivity index (χ3v) is 3.92. The highest BCUT2D eigenvalue weighted by Crippen LogP contribution is 2.04. The van der Waals surface area contributed by atoms with Crippen LogP contribution in [0.15, 0.2) is 0 Å². The van der Waals surface area contributed by atoms with E-state index in [-0.39, 0.29) is 0 Å². The molecule has 0 bridgehead atoms. The van der Waals surface area contributed by atoms with Crippen LogP contribution in [0.4, 0.5) is 0 Å². The minimum Gasteiger partial charge on any atom is -0.317 e. The van der Waals surface area contributed by atoms with Gasteiger partial charge in [0.05, 0.1) is 0 Å². The first kappa shape index (κ1) is 20.9. The van der Waals surface area contributed by atoms with Crippen molar-refractivity contribution in [2.45, 2.75) is 64.2 Å². The Morgan fingerprint density at radius 2 is 0.810 bits per heavy atom. The lowest BCUT2D eigenvalue weighted by molar-refractivity contribution is 0.388. The largest absolute Gasteiger partial charge is 0.317 e. The number of nitrogens with one attached hydrogen (secondary N) is 1. The Morgan fingerprint density at radius 3 is 1.19 bits per heavy atom. The summed E-state index contributed by atoms with van der Waals surface area (Å²) in [7, 11) is 8.64. The summed E-state index contributed by atoms with van der Waals surface area (Å²) in [6.45, 7) is 4.92. The second-order valence-corrected chi connectivity index (χ2v) is 6.89. The zero-order chi connectivity index (χ0) is 15.8. The summed E-state index contributed by atoms with van der Waals surface area (Å²) >= 11 is 0.